The van der Waals surface area contributed by atoms with E-state index >= 15 is 0 Å². The van der Waals surface area contributed by atoms with Gasteiger partial charge in [-0.2, -0.15) is 0 Å². The fourth-order valence-electron chi connectivity index (χ4n) is 2.41. The van der Waals surface area contributed by atoms with E-state index in [2.05, 4.69) is 13.8 Å². The summed E-state index contributed by atoms with van der Waals surface area (Å²) in [5.41, 5.74) is 1.14. The lowest BCUT2D eigenvalue weighted by atomic mass is 9.74. The molecule has 0 bridgehead atoms. The molecule has 0 amide bonds. The van der Waals surface area contributed by atoms with Gasteiger partial charge in [0.2, 0.25) is 0 Å². The van der Waals surface area contributed by atoms with Gasteiger partial charge in [-0.05, 0) is 18.4 Å². The Morgan fingerprint density at radius 1 is 1.21 bits per heavy atom. The topological polar surface area (TPSA) is 57.5 Å². The van der Waals surface area contributed by atoms with Crippen LogP contribution in [0.15, 0.2) is 42.0 Å². The molecule has 3 heteroatoms. The van der Waals surface area contributed by atoms with Gasteiger partial charge in [-0.15, -0.1) is 0 Å². The highest BCUT2D eigenvalue weighted by atomic mass is 16.4. The molecule has 0 heterocycles. The summed E-state index contributed by atoms with van der Waals surface area (Å²) in [6, 6.07) is 9.95. The first-order valence-corrected chi connectivity index (χ1v) is 6.71. The third kappa shape index (κ3) is 3.67. The Hall–Kier alpha value is -1.61. The third-order valence-corrected chi connectivity index (χ3v) is 3.72. The molecule has 0 spiro atoms. The standard InChI is InChI=1S/C16H22O3/c1-3-16(4-2,14-8-6-5-7-9-14)12-13(10-11-17)15(18)19/h5-9,12,17H,3-4,10-11H2,1-2H3,(H,18,19). The number of aliphatic hydroxyl groups excluding tert-OH is 1. The van der Waals surface area contributed by atoms with Crippen LogP contribution in [0.3, 0.4) is 0 Å². The normalized spacial score (nSPS) is 12.5. The summed E-state index contributed by atoms with van der Waals surface area (Å²) < 4.78 is 0. The maximum atomic E-state index is 11.3. The van der Waals surface area contributed by atoms with Crippen LogP contribution in [0.1, 0.15) is 38.7 Å². The second-order valence-corrected chi connectivity index (χ2v) is 4.68. The third-order valence-electron chi connectivity index (χ3n) is 3.72. The summed E-state index contributed by atoms with van der Waals surface area (Å²) in [5, 5.41) is 18.2. The van der Waals surface area contributed by atoms with Gasteiger partial charge in [-0.3, -0.25) is 0 Å². The molecule has 0 atom stereocenters. The fraction of sp³-hybridized carbons (Fsp3) is 0.438. The maximum absolute atomic E-state index is 11.3. The molecular weight excluding hydrogens is 240 g/mol. The van der Waals surface area contributed by atoms with Gasteiger partial charge in [0.25, 0.3) is 0 Å². The van der Waals surface area contributed by atoms with Crippen LogP contribution in [0.25, 0.3) is 0 Å². The molecule has 104 valence electrons. The predicted molar refractivity (Wildman–Crippen MR) is 76.1 cm³/mol. The summed E-state index contributed by atoms with van der Waals surface area (Å²) in [6.45, 7) is 3.98. The smallest absolute Gasteiger partial charge is 0.331 e. The Morgan fingerprint density at radius 3 is 2.21 bits per heavy atom. The first-order chi connectivity index (χ1) is 9.09. The van der Waals surface area contributed by atoms with Crippen LogP contribution in [-0.4, -0.2) is 22.8 Å². The van der Waals surface area contributed by atoms with E-state index in [-0.39, 0.29) is 24.0 Å². The van der Waals surface area contributed by atoms with E-state index in [1.165, 1.54) is 0 Å². The lowest BCUT2D eigenvalue weighted by molar-refractivity contribution is -0.133. The van der Waals surface area contributed by atoms with Crippen LogP contribution in [0.5, 0.6) is 0 Å². The first-order valence-electron chi connectivity index (χ1n) is 6.71. The van der Waals surface area contributed by atoms with E-state index in [1.807, 2.05) is 36.4 Å². The van der Waals surface area contributed by atoms with Crippen molar-refractivity contribution in [3.8, 4) is 0 Å². The molecule has 0 radical (unpaired) electrons. The highest BCUT2D eigenvalue weighted by Crippen LogP contribution is 2.34. The Morgan fingerprint density at radius 2 is 1.79 bits per heavy atom. The Bertz CT molecular complexity index is 431. The SMILES string of the molecule is CCC(C=C(CCO)C(=O)O)(CC)c1ccccc1. The van der Waals surface area contributed by atoms with Gasteiger partial charge in [0.05, 0.1) is 0 Å². The number of hydrogen-bond acceptors (Lipinski definition) is 2. The molecule has 0 saturated heterocycles. The Kier molecular flexibility index (Phi) is 5.77. The monoisotopic (exact) mass is 262 g/mol. The number of aliphatic carboxylic acids is 1. The molecule has 1 aromatic rings. The second kappa shape index (κ2) is 7.10. The van der Waals surface area contributed by atoms with Gasteiger partial charge in [0.1, 0.15) is 0 Å². The number of rotatable bonds is 7. The summed E-state index contributed by atoms with van der Waals surface area (Å²) >= 11 is 0. The Labute approximate surface area is 114 Å². The van der Waals surface area contributed by atoms with Crippen molar-refractivity contribution >= 4 is 5.97 Å². The van der Waals surface area contributed by atoms with Crippen LogP contribution in [0.4, 0.5) is 0 Å². The fourth-order valence-corrected chi connectivity index (χ4v) is 2.41. The van der Waals surface area contributed by atoms with Crippen molar-refractivity contribution in [1.29, 1.82) is 0 Å². The minimum Gasteiger partial charge on any atom is -0.478 e. The van der Waals surface area contributed by atoms with Gasteiger partial charge in [0.15, 0.2) is 0 Å². The second-order valence-electron chi connectivity index (χ2n) is 4.68. The predicted octanol–water partition coefficient (Wildman–Crippen LogP) is 3.14. The zero-order valence-corrected chi connectivity index (χ0v) is 11.6. The summed E-state index contributed by atoms with van der Waals surface area (Å²) in [6.07, 6.45) is 3.66. The quantitative estimate of drug-likeness (QED) is 0.742. The Balaban J connectivity index is 3.26. The van der Waals surface area contributed by atoms with Gasteiger partial charge in [0, 0.05) is 24.0 Å². The molecule has 0 aromatic heterocycles. The number of carbonyl (C=O) groups is 1. The van der Waals surface area contributed by atoms with Crippen LogP contribution in [-0.2, 0) is 10.2 Å². The summed E-state index contributed by atoms with van der Waals surface area (Å²) in [7, 11) is 0. The lowest BCUT2D eigenvalue weighted by Gasteiger charge is -2.30. The molecule has 19 heavy (non-hydrogen) atoms. The van der Waals surface area contributed by atoms with E-state index in [0.29, 0.717) is 0 Å². The molecule has 0 aliphatic heterocycles. The van der Waals surface area contributed by atoms with E-state index in [9.17, 15) is 9.90 Å². The van der Waals surface area contributed by atoms with Crippen molar-refractivity contribution < 1.29 is 15.0 Å². The largest absolute Gasteiger partial charge is 0.478 e. The van der Waals surface area contributed by atoms with Crippen molar-refractivity contribution in [2.75, 3.05) is 6.61 Å². The average Bonchev–Trinajstić information content (AvgIpc) is 2.44. The summed E-state index contributed by atoms with van der Waals surface area (Å²) in [5.74, 6) is -0.948. The van der Waals surface area contributed by atoms with E-state index in [1.54, 1.807) is 0 Å². The van der Waals surface area contributed by atoms with Crippen LogP contribution >= 0.6 is 0 Å². The molecule has 0 aliphatic rings. The van der Waals surface area contributed by atoms with Crippen molar-refractivity contribution in [1.82, 2.24) is 0 Å². The lowest BCUT2D eigenvalue weighted by Crippen LogP contribution is -2.23. The number of aliphatic hydroxyl groups is 1. The van der Waals surface area contributed by atoms with E-state index in [4.69, 9.17) is 5.11 Å². The van der Waals surface area contributed by atoms with Crippen LogP contribution in [0, 0.1) is 0 Å². The molecule has 2 N–H and O–H groups in total. The number of allylic oxidation sites excluding steroid dienone is 1. The van der Waals surface area contributed by atoms with Crippen molar-refractivity contribution in [2.24, 2.45) is 0 Å². The molecule has 0 unspecified atom stereocenters. The van der Waals surface area contributed by atoms with Gasteiger partial charge in [-0.25, -0.2) is 4.79 Å². The number of benzene rings is 1. The zero-order chi connectivity index (χ0) is 14.3. The first kappa shape index (κ1) is 15.4. The summed E-state index contributed by atoms with van der Waals surface area (Å²) in [4.78, 5) is 11.3. The molecule has 0 aliphatic carbocycles. The highest BCUT2D eigenvalue weighted by molar-refractivity contribution is 5.86. The van der Waals surface area contributed by atoms with Gasteiger partial charge in [-0.1, -0.05) is 50.3 Å². The maximum Gasteiger partial charge on any atom is 0.331 e. The molecule has 1 rings (SSSR count). The van der Waals surface area contributed by atoms with Crippen molar-refractivity contribution in [3.05, 3.63) is 47.5 Å². The van der Waals surface area contributed by atoms with E-state index < -0.39 is 5.97 Å². The van der Waals surface area contributed by atoms with E-state index in [0.717, 1.165) is 18.4 Å². The van der Waals surface area contributed by atoms with Gasteiger partial charge >= 0.3 is 5.97 Å². The number of carboxylic acid groups (broad SMARTS) is 1. The van der Waals surface area contributed by atoms with Crippen molar-refractivity contribution in [2.45, 2.75) is 38.5 Å². The minimum absolute atomic E-state index is 0.142. The van der Waals surface area contributed by atoms with Crippen LogP contribution in [0.2, 0.25) is 0 Å². The van der Waals surface area contributed by atoms with Crippen LogP contribution < -0.4 is 0 Å². The number of carboxylic acids is 1. The molecular formula is C16H22O3. The molecule has 1 aromatic carbocycles. The zero-order valence-electron chi connectivity index (χ0n) is 11.6. The van der Waals surface area contributed by atoms with Crippen molar-refractivity contribution in [3.63, 3.8) is 0 Å². The average molecular weight is 262 g/mol. The molecule has 3 nitrogen and oxygen atoms in total. The minimum atomic E-state index is -0.948. The van der Waals surface area contributed by atoms with Gasteiger partial charge < -0.3 is 10.2 Å². The highest BCUT2D eigenvalue weighted by Gasteiger charge is 2.27. The molecule has 0 saturated carbocycles. The number of hydrogen-bond donors (Lipinski definition) is 2. The molecule has 0 fully saturated rings.